The maximum absolute atomic E-state index is 14.0. The van der Waals surface area contributed by atoms with E-state index < -0.39 is 64.2 Å². The van der Waals surface area contributed by atoms with Crippen molar-refractivity contribution in [2.24, 2.45) is 5.41 Å². The third kappa shape index (κ3) is 12.0. The van der Waals surface area contributed by atoms with E-state index in [1.54, 1.807) is 53.8 Å². The number of nitriles is 1. The van der Waals surface area contributed by atoms with Crippen molar-refractivity contribution >= 4 is 63.7 Å². The van der Waals surface area contributed by atoms with E-state index in [-0.39, 0.29) is 49.4 Å². The summed E-state index contributed by atoms with van der Waals surface area (Å²) < 4.78 is 52.9. The van der Waals surface area contributed by atoms with Crippen LogP contribution >= 0.6 is 23.6 Å². The number of anilines is 2. The Hall–Kier alpha value is -6.72. The summed E-state index contributed by atoms with van der Waals surface area (Å²) in [5.74, 6) is -1.20. The Morgan fingerprint density at radius 3 is 2.18 bits per heavy atom. The number of β-amino-alcohol motifs (C(OH)–C–C–N with tert-alkyl or cyclic N) is 1. The van der Waals surface area contributed by atoms with Crippen molar-refractivity contribution in [1.82, 2.24) is 20.5 Å². The molecular formula is C53H56F3N7O7S2. The monoisotopic (exact) mass is 1020 g/mol. The summed E-state index contributed by atoms with van der Waals surface area (Å²) in [6, 6.07) is 25.3. The number of benzene rings is 4. The number of thiocarbonyl (C=S) groups is 1. The lowest BCUT2D eigenvalue weighted by atomic mass is 9.85. The van der Waals surface area contributed by atoms with Gasteiger partial charge in [-0.25, -0.2) is 4.98 Å². The molecule has 3 atom stereocenters. The zero-order valence-electron chi connectivity index (χ0n) is 40.7. The van der Waals surface area contributed by atoms with Crippen molar-refractivity contribution in [2.45, 2.75) is 97.3 Å². The number of amides is 4. The Labute approximate surface area is 425 Å². The fourth-order valence-corrected chi connectivity index (χ4v) is 9.98. The maximum atomic E-state index is 14.0. The smallest absolute Gasteiger partial charge is 0.417 e. The number of hydrogen-bond acceptors (Lipinski definition) is 11. The van der Waals surface area contributed by atoms with Crippen LogP contribution in [-0.2, 0) is 36.6 Å². The normalized spacial score (nSPS) is 17.2. The number of carbonyl (C=O) groups excluding carboxylic acids is 4. The van der Waals surface area contributed by atoms with E-state index in [4.69, 9.17) is 21.7 Å². The van der Waals surface area contributed by atoms with Gasteiger partial charge in [-0.1, -0.05) is 69.3 Å². The molecule has 0 radical (unpaired) electrons. The molecule has 378 valence electrons. The Balaban J connectivity index is 0.841. The number of aromatic nitrogens is 1. The predicted octanol–water partition coefficient (Wildman–Crippen LogP) is 8.58. The average Bonchev–Trinajstić information content (AvgIpc) is 4.01. The second-order valence-electron chi connectivity index (χ2n) is 19.3. The molecule has 0 saturated carbocycles. The lowest BCUT2D eigenvalue weighted by molar-refractivity contribution is -0.144. The molecule has 1 aromatic heterocycles. The van der Waals surface area contributed by atoms with Crippen LogP contribution in [0, 0.1) is 23.7 Å². The number of carbonyl (C=O) groups is 4. The molecule has 0 bridgehead atoms. The quantitative estimate of drug-likeness (QED) is 0.0601. The van der Waals surface area contributed by atoms with Crippen LogP contribution in [0.15, 0.2) is 96.5 Å². The summed E-state index contributed by atoms with van der Waals surface area (Å²) in [7, 11) is 0. The first-order valence-electron chi connectivity index (χ1n) is 23.3. The van der Waals surface area contributed by atoms with Gasteiger partial charge in [0.15, 0.2) is 5.11 Å². The van der Waals surface area contributed by atoms with E-state index in [1.165, 1.54) is 11.0 Å². The first-order chi connectivity index (χ1) is 34.1. The van der Waals surface area contributed by atoms with Gasteiger partial charge < -0.3 is 35.0 Å². The molecule has 14 nitrogen and oxygen atoms in total. The molecule has 0 spiro atoms. The van der Waals surface area contributed by atoms with Crippen molar-refractivity contribution in [2.75, 3.05) is 36.2 Å². The van der Waals surface area contributed by atoms with E-state index in [2.05, 4.69) is 15.6 Å². The molecule has 2 aliphatic rings. The number of aryl methyl sites for hydroxylation is 1. The van der Waals surface area contributed by atoms with Gasteiger partial charge in [0.05, 0.1) is 51.7 Å². The lowest BCUT2D eigenvalue weighted by Crippen LogP contribution is -2.58. The van der Waals surface area contributed by atoms with E-state index >= 15 is 0 Å². The van der Waals surface area contributed by atoms with Gasteiger partial charge in [0.1, 0.15) is 30.0 Å². The molecule has 19 heteroatoms. The molecule has 4 amide bonds. The van der Waals surface area contributed by atoms with Crippen LogP contribution in [0.4, 0.5) is 24.5 Å². The summed E-state index contributed by atoms with van der Waals surface area (Å²) in [5.41, 5.74) is 3.23. The van der Waals surface area contributed by atoms with Gasteiger partial charge in [0.2, 0.25) is 17.7 Å². The molecule has 4 aromatic carbocycles. The zero-order chi connectivity index (χ0) is 52.1. The average molecular weight is 1020 g/mol. The van der Waals surface area contributed by atoms with Gasteiger partial charge in [-0.15, -0.1) is 11.3 Å². The van der Waals surface area contributed by atoms with Gasteiger partial charge >= 0.3 is 6.18 Å². The van der Waals surface area contributed by atoms with Gasteiger partial charge in [-0.2, -0.15) is 18.4 Å². The highest BCUT2D eigenvalue weighted by Crippen LogP contribution is 2.40. The largest absolute Gasteiger partial charge is 0.494 e. The molecule has 3 heterocycles. The Kier molecular flexibility index (Phi) is 16.2. The van der Waals surface area contributed by atoms with Crippen molar-refractivity contribution in [1.29, 1.82) is 5.26 Å². The van der Waals surface area contributed by atoms with Crippen molar-refractivity contribution in [3.63, 3.8) is 0 Å². The molecule has 72 heavy (non-hydrogen) atoms. The van der Waals surface area contributed by atoms with E-state index in [1.807, 2.05) is 88.4 Å². The predicted molar refractivity (Wildman–Crippen MR) is 272 cm³/mol. The Bertz CT molecular complexity index is 2840. The minimum absolute atomic E-state index is 0.00296. The van der Waals surface area contributed by atoms with E-state index in [0.717, 1.165) is 49.9 Å². The molecule has 5 aromatic rings. The summed E-state index contributed by atoms with van der Waals surface area (Å²) in [6.07, 6.45) is -4.39. The summed E-state index contributed by atoms with van der Waals surface area (Å²) in [5, 5.41) is 25.5. The van der Waals surface area contributed by atoms with Gasteiger partial charge in [0, 0.05) is 31.8 Å². The highest BCUT2D eigenvalue weighted by molar-refractivity contribution is 7.81. The van der Waals surface area contributed by atoms with Gasteiger partial charge in [-0.05, 0) is 116 Å². The molecule has 1 unspecified atom stereocenters. The number of aliphatic hydroxyl groups excluding tert-OH is 1. The number of aliphatic hydroxyl groups is 1. The maximum Gasteiger partial charge on any atom is 0.417 e. The number of halogens is 3. The zero-order valence-corrected chi connectivity index (χ0v) is 42.3. The van der Waals surface area contributed by atoms with Crippen LogP contribution in [0.2, 0.25) is 0 Å². The first kappa shape index (κ1) is 53.1. The number of likely N-dealkylation sites (tertiary alicyclic amines) is 1. The minimum Gasteiger partial charge on any atom is -0.494 e. The van der Waals surface area contributed by atoms with Crippen LogP contribution in [0.3, 0.4) is 0 Å². The number of ether oxygens (including phenoxy) is 2. The van der Waals surface area contributed by atoms with Crippen LogP contribution in [0.25, 0.3) is 21.6 Å². The Morgan fingerprint density at radius 2 is 1.57 bits per heavy atom. The molecular weight excluding hydrogens is 968 g/mol. The molecule has 7 rings (SSSR count). The SMILES string of the molecule is Cc1ncsc1-c1ccc(CNC(=O)[C@@H]2C[C@@H](O)CN2C(=O)C(NC(=O)COCCCCOc2ccc(-c3ccc(N4C(=S)N(c5ccc(C#N)c(C(F)(F)F)c5)C(=O)C4(C)C)cc3)cc2)C(C)(C)C)cc1. The van der Waals surface area contributed by atoms with E-state index in [9.17, 15) is 42.7 Å². The summed E-state index contributed by atoms with van der Waals surface area (Å²) >= 11 is 7.23. The minimum atomic E-state index is -4.81. The van der Waals surface area contributed by atoms with Gasteiger partial charge in [0.25, 0.3) is 5.91 Å². The number of thiazole rings is 1. The molecule has 2 saturated heterocycles. The van der Waals surface area contributed by atoms with Crippen LogP contribution in [-0.4, -0.2) is 93.8 Å². The first-order valence-corrected chi connectivity index (χ1v) is 24.6. The second kappa shape index (κ2) is 22.0. The fraction of sp³-hybridized carbons (Fsp3) is 0.377. The molecule has 0 aliphatic carbocycles. The number of unbranched alkanes of at least 4 members (excludes halogenated alkanes) is 1. The Morgan fingerprint density at radius 1 is 0.944 bits per heavy atom. The second-order valence-corrected chi connectivity index (χ2v) is 20.5. The van der Waals surface area contributed by atoms with E-state index in [0.29, 0.717) is 30.9 Å². The van der Waals surface area contributed by atoms with Crippen LogP contribution in [0.1, 0.15) is 76.3 Å². The standard InChI is InChI=1S/C53H56F3N7O7S2/c1-32-45(72-31-59-32)36-11-9-33(10-12-36)28-58-47(66)43-26-40(64)29-61(43)48(67)46(51(2,3)4)60-44(65)30-69-23-7-8-24-70-41-21-16-35(17-22-41)34-13-18-38(19-14-34)63-50(71)62(49(68)52(63,5)6)39-20-15-37(27-57)42(25-39)53(54,55)56/h9-22,25,31,40,43,46,64H,7-8,23-24,26,28-30H2,1-6H3,(H,58,66)(H,60,65)/t40-,43+,46?/m1/s1. The highest BCUT2D eigenvalue weighted by atomic mass is 32.1. The number of rotatable bonds is 17. The number of alkyl halides is 3. The summed E-state index contributed by atoms with van der Waals surface area (Å²) in [4.78, 5) is 63.6. The summed E-state index contributed by atoms with van der Waals surface area (Å²) in [6.45, 7) is 11.3. The number of nitrogens with zero attached hydrogens (tertiary/aromatic N) is 5. The fourth-order valence-electron chi connectivity index (χ4n) is 8.65. The molecule has 3 N–H and O–H groups in total. The lowest BCUT2D eigenvalue weighted by Gasteiger charge is -2.35. The van der Waals surface area contributed by atoms with Crippen molar-refractivity contribution in [3.05, 3.63) is 119 Å². The van der Waals surface area contributed by atoms with Crippen LogP contribution < -0.4 is 25.2 Å². The topological polar surface area (TPSA) is 177 Å². The highest BCUT2D eigenvalue weighted by Gasteiger charge is 2.51. The third-order valence-electron chi connectivity index (χ3n) is 12.6. The molecule has 2 aliphatic heterocycles. The molecule has 2 fully saturated rings. The van der Waals surface area contributed by atoms with Crippen molar-refractivity contribution in [3.8, 4) is 33.4 Å². The number of nitrogens with one attached hydrogen (secondary N) is 2. The number of hydrogen-bond donors (Lipinski definition) is 3. The van der Waals surface area contributed by atoms with Gasteiger partial charge in [-0.3, -0.25) is 24.1 Å². The van der Waals surface area contributed by atoms with Crippen LogP contribution in [0.5, 0.6) is 5.75 Å². The van der Waals surface area contributed by atoms with Crippen molar-refractivity contribution < 1.29 is 46.9 Å². The third-order valence-corrected chi connectivity index (χ3v) is 13.9.